The van der Waals surface area contributed by atoms with Crippen molar-refractivity contribution < 1.29 is 9.47 Å². The number of methoxy groups -OCH3 is 1. The molecule has 0 spiro atoms. The molecule has 0 aromatic heterocycles. The SMILES string of the molecule is CCN(CC)C[C@@H]1[C@H](Oc2ccc(Cl)cc2)CN1c1ccc(OC)cc1. The second kappa shape index (κ2) is 8.65. The molecular formula is C21H27ClN2O2. The minimum absolute atomic E-state index is 0.166. The van der Waals surface area contributed by atoms with Gasteiger partial charge in [-0.3, -0.25) is 0 Å². The Hall–Kier alpha value is -1.91. The minimum Gasteiger partial charge on any atom is -0.497 e. The first-order valence-electron chi connectivity index (χ1n) is 9.19. The summed E-state index contributed by atoms with van der Waals surface area (Å²) in [6.45, 7) is 8.34. The molecule has 1 aliphatic rings. The summed E-state index contributed by atoms with van der Waals surface area (Å²) in [5.41, 5.74) is 1.21. The highest BCUT2D eigenvalue weighted by atomic mass is 35.5. The number of likely N-dealkylation sites (N-methyl/N-ethyl adjacent to an activating group) is 1. The van der Waals surface area contributed by atoms with Crippen LogP contribution in [-0.4, -0.2) is 50.3 Å². The Bertz CT molecular complexity index is 686. The highest BCUT2D eigenvalue weighted by Crippen LogP contribution is 2.32. The second-order valence-electron chi connectivity index (χ2n) is 6.51. The fourth-order valence-corrected chi connectivity index (χ4v) is 3.48. The van der Waals surface area contributed by atoms with Crippen molar-refractivity contribution in [3.63, 3.8) is 0 Å². The maximum absolute atomic E-state index is 6.25. The number of benzene rings is 2. The number of nitrogens with zero attached hydrogens (tertiary/aromatic N) is 2. The lowest BCUT2D eigenvalue weighted by Crippen LogP contribution is -2.66. The lowest BCUT2D eigenvalue weighted by Gasteiger charge is -2.50. The molecule has 1 fully saturated rings. The molecule has 2 atom stereocenters. The molecule has 2 aromatic rings. The summed E-state index contributed by atoms with van der Waals surface area (Å²) >= 11 is 5.98. The Morgan fingerprint density at radius 2 is 1.62 bits per heavy atom. The average Bonchev–Trinajstić information content (AvgIpc) is 2.67. The van der Waals surface area contributed by atoms with Crippen LogP contribution in [0.1, 0.15) is 13.8 Å². The first-order chi connectivity index (χ1) is 12.6. The summed E-state index contributed by atoms with van der Waals surface area (Å²) in [7, 11) is 1.69. The van der Waals surface area contributed by atoms with E-state index >= 15 is 0 Å². The predicted octanol–water partition coefficient (Wildman–Crippen LogP) is 4.33. The molecule has 0 bridgehead atoms. The average molecular weight is 375 g/mol. The van der Waals surface area contributed by atoms with Gasteiger partial charge in [0, 0.05) is 17.3 Å². The van der Waals surface area contributed by atoms with E-state index in [0.717, 1.165) is 42.7 Å². The van der Waals surface area contributed by atoms with Crippen molar-refractivity contribution in [2.45, 2.75) is 26.0 Å². The number of hydrogen-bond donors (Lipinski definition) is 0. The minimum atomic E-state index is 0.166. The van der Waals surface area contributed by atoms with E-state index in [9.17, 15) is 0 Å². The van der Waals surface area contributed by atoms with Gasteiger partial charge in [-0.15, -0.1) is 0 Å². The van der Waals surface area contributed by atoms with Crippen LogP contribution in [0, 0.1) is 0 Å². The third-order valence-electron chi connectivity index (χ3n) is 5.05. The topological polar surface area (TPSA) is 24.9 Å². The summed E-state index contributed by atoms with van der Waals surface area (Å²) in [6, 6.07) is 16.2. The molecule has 0 amide bonds. The molecule has 5 heteroatoms. The second-order valence-corrected chi connectivity index (χ2v) is 6.95. The first kappa shape index (κ1) is 18.9. The van der Waals surface area contributed by atoms with E-state index in [2.05, 4.69) is 35.8 Å². The molecule has 1 aliphatic heterocycles. The largest absolute Gasteiger partial charge is 0.497 e. The Morgan fingerprint density at radius 3 is 2.19 bits per heavy atom. The zero-order chi connectivity index (χ0) is 18.5. The standard InChI is InChI=1S/C21H27ClN2O2/c1-4-23(5-2)14-20-21(26-19-10-6-16(22)7-11-19)15-24(20)17-8-12-18(25-3)13-9-17/h6-13,20-21H,4-5,14-15H2,1-3H3/t20-,21-/m1/s1. The van der Waals surface area contributed by atoms with Gasteiger partial charge in [-0.25, -0.2) is 0 Å². The van der Waals surface area contributed by atoms with Crippen molar-refractivity contribution in [1.82, 2.24) is 4.90 Å². The molecule has 4 nitrogen and oxygen atoms in total. The molecule has 1 heterocycles. The summed E-state index contributed by atoms with van der Waals surface area (Å²) in [6.07, 6.45) is 0.166. The number of halogens is 1. The monoisotopic (exact) mass is 374 g/mol. The molecule has 2 aromatic carbocycles. The van der Waals surface area contributed by atoms with Crippen molar-refractivity contribution in [3.05, 3.63) is 53.6 Å². The van der Waals surface area contributed by atoms with Gasteiger partial charge in [-0.2, -0.15) is 0 Å². The molecule has 26 heavy (non-hydrogen) atoms. The highest BCUT2D eigenvalue weighted by Gasteiger charge is 2.41. The molecule has 140 valence electrons. The fraction of sp³-hybridized carbons (Fsp3) is 0.429. The van der Waals surface area contributed by atoms with Crippen LogP contribution < -0.4 is 14.4 Å². The molecule has 3 rings (SSSR count). The summed E-state index contributed by atoms with van der Waals surface area (Å²) in [5.74, 6) is 1.75. The van der Waals surface area contributed by atoms with Crippen LogP contribution in [-0.2, 0) is 0 Å². The van der Waals surface area contributed by atoms with Gasteiger partial charge in [0.25, 0.3) is 0 Å². The predicted molar refractivity (Wildman–Crippen MR) is 108 cm³/mol. The lowest BCUT2D eigenvalue weighted by atomic mass is 9.96. The van der Waals surface area contributed by atoms with E-state index in [1.165, 1.54) is 5.69 Å². The van der Waals surface area contributed by atoms with Crippen LogP contribution in [0.3, 0.4) is 0 Å². The van der Waals surface area contributed by atoms with Gasteiger partial charge in [0.05, 0.1) is 19.7 Å². The van der Waals surface area contributed by atoms with Gasteiger partial charge in [0.2, 0.25) is 0 Å². The van der Waals surface area contributed by atoms with Crippen LogP contribution in [0.25, 0.3) is 0 Å². The van der Waals surface area contributed by atoms with Crippen LogP contribution in [0.4, 0.5) is 5.69 Å². The molecule has 0 unspecified atom stereocenters. The molecule has 0 radical (unpaired) electrons. The third-order valence-corrected chi connectivity index (χ3v) is 5.30. The molecule has 1 saturated heterocycles. The van der Waals surface area contributed by atoms with Crippen molar-refractivity contribution in [1.29, 1.82) is 0 Å². The Morgan fingerprint density at radius 1 is 1.00 bits per heavy atom. The molecule has 0 aliphatic carbocycles. The fourth-order valence-electron chi connectivity index (χ4n) is 3.35. The van der Waals surface area contributed by atoms with Gasteiger partial charge in [-0.1, -0.05) is 25.4 Å². The van der Waals surface area contributed by atoms with E-state index in [4.69, 9.17) is 21.1 Å². The maximum Gasteiger partial charge on any atom is 0.138 e. The number of hydrogen-bond acceptors (Lipinski definition) is 4. The molecule has 0 N–H and O–H groups in total. The van der Waals surface area contributed by atoms with Crippen LogP contribution in [0.2, 0.25) is 5.02 Å². The van der Waals surface area contributed by atoms with Crippen LogP contribution in [0.15, 0.2) is 48.5 Å². The summed E-state index contributed by atoms with van der Waals surface area (Å²) in [4.78, 5) is 4.86. The van der Waals surface area contributed by atoms with Crippen LogP contribution >= 0.6 is 11.6 Å². The molecular weight excluding hydrogens is 348 g/mol. The quantitative estimate of drug-likeness (QED) is 0.686. The lowest BCUT2D eigenvalue weighted by molar-refractivity contribution is 0.0907. The van der Waals surface area contributed by atoms with Gasteiger partial charge >= 0.3 is 0 Å². The number of ether oxygens (including phenoxy) is 2. The normalized spacial score (nSPS) is 19.3. The van der Waals surface area contributed by atoms with Crippen molar-refractivity contribution >= 4 is 17.3 Å². The van der Waals surface area contributed by atoms with E-state index < -0.39 is 0 Å². The van der Waals surface area contributed by atoms with Crippen molar-refractivity contribution in [2.24, 2.45) is 0 Å². The van der Waals surface area contributed by atoms with Gasteiger partial charge in [0.1, 0.15) is 17.6 Å². The van der Waals surface area contributed by atoms with E-state index in [1.54, 1.807) is 7.11 Å². The first-order valence-corrected chi connectivity index (χ1v) is 9.57. The summed E-state index contributed by atoms with van der Waals surface area (Å²) < 4.78 is 11.5. The van der Waals surface area contributed by atoms with E-state index in [-0.39, 0.29) is 6.10 Å². The maximum atomic E-state index is 6.25. The Labute approximate surface area is 161 Å². The zero-order valence-electron chi connectivity index (χ0n) is 15.7. The van der Waals surface area contributed by atoms with E-state index in [1.807, 2.05) is 36.4 Å². The number of anilines is 1. The van der Waals surface area contributed by atoms with E-state index in [0.29, 0.717) is 6.04 Å². The third kappa shape index (κ3) is 4.25. The Balaban J connectivity index is 1.73. The van der Waals surface area contributed by atoms with Gasteiger partial charge < -0.3 is 19.3 Å². The Kier molecular flexibility index (Phi) is 6.28. The smallest absolute Gasteiger partial charge is 0.138 e. The summed E-state index contributed by atoms with van der Waals surface area (Å²) in [5, 5.41) is 0.727. The van der Waals surface area contributed by atoms with Crippen molar-refractivity contribution in [2.75, 3.05) is 38.2 Å². The van der Waals surface area contributed by atoms with Crippen LogP contribution in [0.5, 0.6) is 11.5 Å². The van der Waals surface area contributed by atoms with Crippen molar-refractivity contribution in [3.8, 4) is 11.5 Å². The molecule has 0 saturated carbocycles. The van der Waals surface area contributed by atoms with Gasteiger partial charge in [0.15, 0.2) is 0 Å². The zero-order valence-corrected chi connectivity index (χ0v) is 16.4. The highest BCUT2D eigenvalue weighted by molar-refractivity contribution is 6.30. The number of rotatable bonds is 8. The van der Waals surface area contributed by atoms with Gasteiger partial charge in [-0.05, 0) is 61.6 Å².